The summed E-state index contributed by atoms with van der Waals surface area (Å²) in [7, 11) is 1.69. The Morgan fingerprint density at radius 3 is 3.14 bits per heavy atom. The van der Waals surface area contributed by atoms with Crippen molar-refractivity contribution >= 4 is 11.8 Å². The van der Waals surface area contributed by atoms with Crippen LogP contribution in [0.2, 0.25) is 0 Å². The lowest BCUT2D eigenvalue weighted by Crippen LogP contribution is -1.91. The van der Waals surface area contributed by atoms with Crippen molar-refractivity contribution in [2.45, 2.75) is 11.4 Å². The topological polar surface area (TPSA) is 45.9 Å². The third kappa shape index (κ3) is 3.77. The van der Waals surface area contributed by atoms with Gasteiger partial charge in [-0.2, -0.15) is 5.26 Å². The number of methoxy groups -OCH3 is 1. The molecule has 74 valence electrons. The molecule has 3 nitrogen and oxygen atoms in total. The van der Waals surface area contributed by atoms with Crippen LogP contribution in [0.3, 0.4) is 0 Å². The fourth-order valence-corrected chi connectivity index (χ4v) is 1.75. The van der Waals surface area contributed by atoms with Crippen LogP contribution in [0.5, 0.6) is 0 Å². The fraction of sp³-hybridized carbons (Fsp3) is 0.400. The van der Waals surface area contributed by atoms with Crippen LogP contribution in [0.25, 0.3) is 0 Å². The first-order valence-electron chi connectivity index (χ1n) is 4.35. The molecule has 1 aromatic heterocycles. The summed E-state index contributed by atoms with van der Waals surface area (Å²) in [6.45, 7) is 0.769. The van der Waals surface area contributed by atoms with Crippen molar-refractivity contribution in [3.8, 4) is 6.07 Å². The molecule has 0 aliphatic heterocycles. The second-order valence-electron chi connectivity index (χ2n) is 2.67. The van der Waals surface area contributed by atoms with Crippen LogP contribution in [0.15, 0.2) is 23.2 Å². The molecule has 0 spiro atoms. The Morgan fingerprint density at radius 2 is 2.43 bits per heavy atom. The van der Waals surface area contributed by atoms with Crippen molar-refractivity contribution < 1.29 is 4.74 Å². The Balaban J connectivity index is 2.39. The molecule has 0 aromatic carbocycles. The zero-order valence-electron chi connectivity index (χ0n) is 8.06. The maximum absolute atomic E-state index is 8.63. The van der Waals surface area contributed by atoms with E-state index >= 15 is 0 Å². The molecule has 1 aromatic rings. The first-order valence-corrected chi connectivity index (χ1v) is 5.34. The Kier molecular flexibility index (Phi) is 5.05. The summed E-state index contributed by atoms with van der Waals surface area (Å²) >= 11 is 1.65. The predicted molar refractivity (Wildman–Crippen MR) is 56.2 cm³/mol. The van der Waals surface area contributed by atoms with E-state index in [1.54, 1.807) is 24.9 Å². The van der Waals surface area contributed by atoms with Gasteiger partial charge in [-0.05, 0) is 18.6 Å². The molecule has 14 heavy (non-hydrogen) atoms. The fourth-order valence-electron chi connectivity index (χ4n) is 0.937. The molecule has 0 bridgehead atoms. The van der Waals surface area contributed by atoms with Crippen LogP contribution < -0.4 is 0 Å². The molecule has 0 saturated heterocycles. The van der Waals surface area contributed by atoms with E-state index in [4.69, 9.17) is 10.00 Å². The van der Waals surface area contributed by atoms with E-state index < -0.39 is 0 Å². The van der Waals surface area contributed by atoms with Crippen LogP contribution in [0.1, 0.15) is 12.1 Å². The molecule has 0 amide bonds. The summed E-state index contributed by atoms with van der Waals surface area (Å²) in [4.78, 5) is 4.15. The van der Waals surface area contributed by atoms with Gasteiger partial charge in [0.15, 0.2) is 0 Å². The van der Waals surface area contributed by atoms with Crippen molar-refractivity contribution in [1.29, 1.82) is 5.26 Å². The van der Waals surface area contributed by atoms with Gasteiger partial charge in [0, 0.05) is 19.5 Å². The number of thioether (sulfide) groups is 1. The Hall–Kier alpha value is -1.05. The van der Waals surface area contributed by atoms with Gasteiger partial charge in [0.25, 0.3) is 0 Å². The highest BCUT2D eigenvalue weighted by molar-refractivity contribution is 7.99. The molecular formula is C10H12N2OS. The standard InChI is InChI=1S/C10H12N2OS/c1-13-6-3-7-14-10-5-2-4-9(8-11)12-10/h2,4-5H,3,6-7H2,1H3. The van der Waals surface area contributed by atoms with E-state index in [1.165, 1.54) is 0 Å². The highest BCUT2D eigenvalue weighted by atomic mass is 32.2. The zero-order chi connectivity index (χ0) is 10.2. The van der Waals surface area contributed by atoms with Gasteiger partial charge in [-0.15, -0.1) is 11.8 Å². The van der Waals surface area contributed by atoms with E-state index in [0.29, 0.717) is 5.69 Å². The Labute approximate surface area is 88.1 Å². The highest BCUT2D eigenvalue weighted by Gasteiger charge is 1.97. The molecule has 0 atom stereocenters. The van der Waals surface area contributed by atoms with E-state index in [1.807, 2.05) is 18.2 Å². The maximum atomic E-state index is 8.63. The minimum absolute atomic E-state index is 0.474. The first kappa shape index (κ1) is 11.0. The third-order valence-corrected chi connectivity index (χ3v) is 2.60. The molecule has 0 aliphatic carbocycles. The van der Waals surface area contributed by atoms with Crippen LogP contribution in [0.4, 0.5) is 0 Å². The molecule has 0 radical (unpaired) electrons. The summed E-state index contributed by atoms with van der Waals surface area (Å²) in [6.07, 6.45) is 1.000. The van der Waals surface area contributed by atoms with Gasteiger partial charge in [0.1, 0.15) is 11.8 Å². The summed E-state index contributed by atoms with van der Waals surface area (Å²) in [6, 6.07) is 7.49. The number of hydrogen-bond acceptors (Lipinski definition) is 4. The number of rotatable bonds is 5. The molecular weight excluding hydrogens is 196 g/mol. The second kappa shape index (κ2) is 6.41. The summed E-state index contributed by atoms with van der Waals surface area (Å²) < 4.78 is 4.94. The quantitative estimate of drug-likeness (QED) is 0.549. The SMILES string of the molecule is COCCCSc1cccc(C#N)n1. The second-order valence-corrected chi connectivity index (χ2v) is 3.78. The Bertz CT molecular complexity index is 322. The molecule has 1 heterocycles. The average Bonchev–Trinajstić information content (AvgIpc) is 2.25. The summed E-state index contributed by atoms with van der Waals surface area (Å²) in [5.41, 5.74) is 0.474. The smallest absolute Gasteiger partial charge is 0.141 e. The lowest BCUT2D eigenvalue weighted by molar-refractivity contribution is 0.200. The van der Waals surface area contributed by atoms with E-state index in [0.717, 1.165) is 23.8 Å². The van der Waals surface area contributed by atoms with Crippen molar-refractivity contribution in [2.24, 2.45) is 0 Å². The minimum atomic E-state index is 0.474. The van der Waals surface area contributed by atoms with Crippen molar-refractivity contribution in [3.05, 3.63) is 23.9 Å². The molecule has 0 saturated carbocycles. The molecule has 0 fully saturated rings. The minimum Gasteiger partial charge on any atom is -0.385 e. The van der Waals surface area contributed by atoms with Crippen molar-refractivity contribution in [3.63, 3.8) is 0 Å². The number of nitrogens with zero attached hydrogens (tertiary/aromatic N) is 2. The van der Waals surface area contributed by atoms with Crippen molar-refractivity contribution in [1.82, 2.24) is 4.98 Å². The molecule has 0 aliphatic rings. The number of ether oxygens (including phenoxy) is 1. The van der Waals surface area contributed by atoms with Gasteiger partial charge in [0.05, 0.1) is 5.03 Å². The monoisotopic (exact) mass is 208 g/mol. The van der Waals surface area contributed by atoms with Crippen molar-refractivity contribution in [2.75, 3.05) is 19.5 Å². The largest absolute Gasteiger partial charge is 0.385 e. The maximum Gasteiger partial charge on any atom is 0.141 e. The van der Waals surface area contributed by atoms with E-state index in [-0.39, 0.29) is 0 Å². The highest BCUT2D eigenvalue weighted by Crippen LogP contribution is 2.15. The molecule has 1 rings (SSSR count). The lowest BCUT2D eigenvalue weighted by atomic mass is 10.4. The average molecular weight is 208 g/mol. The predicted octanol–water partition coefficient (Wildman–Crippen LogP) is 2.08. The number of pyridine rings is 1. The van der Waals surface area contributed by atoms with Crippen LogP contribution in [0, 0.1) is 11.3 Å². The third-order valence-electron chi connectivity index (χ3n) is 1.58. The summed E-state index contributed by atoms with van der Waals surface area (Å²) in [5.74, 6) is 0.968. The first-order chi connectivity index (χ1) is 6.86. The molecule has 0 N–H and O–H groups in total. The Morgan fingerprint density at radius 1 is 1.57 bits per heavy atom. The molecule has 4 heteroatoms. The van der Waals surface area contributed by atoms with Gasteiger partial charge in [-0.3, -0.25) is 0 Å². The number of aromatic nitrogens is 1. The number of nitriles is 1. The van der Waals surface area contributed by atoms with E-state index in [9.17, 15) is 0 Å². The van der Waals surface area contributed by atoms with Gasteiger partial charge in [0.2, 0.25) is 0 Å². The van der Waals surface area contributed by atoms with Crippen LogP contribution in [-0.4, -0.2) is 24.5 Å². The lowest BCUT2D eigenvalue weighted by Gasteiger charge is -2.00. The van der Waals surface area contributed by atoms with Gasteiger partial charge < -0.3 is 4.74 Å². The van der Waals surface area contributed by atoms with E-state index in [2.05, 4.69) is 4.98 Å². The summed E-state index contributed by atoms with van der Waals surface area (Å²) in [5, 5.41) is 9.53. The van der Waals surface area contributed by atoms with Crippen LogP contribution in [-0.2, 0) is 4.74 Å². The molecule has 0 unspecified atom stereocenters. The van der Waals surface area contributed by atoms with Gasteiger partial charge in [-0.25, -0.2) is 4.98 Å². The van der Waals surface area contributed by atoms with Gasteiger partial charge >= 0.3 is 0 Å². The van der Waals surface area contributed by atoms with Gasteiger partial charge in [-0.1, -0.05) is 6.07 Å². The zero-order valence-corrected chi connectivity index (χ0v) is 8.88. The normalized spacial score (nSPS) is 9.71. The number of hydrogen-bond donors (Lipinski definition) is 0. The van der Waals surface area contributed by atoms with Crippen LogP contribution >= 0.6 is 11.8 Å².